The van der Waals surface area contributed by atoms with Crippen molar-refractivity contribution in [2.75, 3.05) is 32.9 Å². The molecule has 36 heavy (non-hydrogen) atoms. The molecule has 0 aliphatic carbocycles. The van der Waals surface area contributed by atoms with Crippen LogP contribution in [0.5, 0.6) is 5.75 Å². The lowest BCUT2D eigenvalue weighted by molar-refractivity contribution is -0.166. The van der Waals surface area contributed by atoms with E-state index in [1.54, 1.807) is 6.92 Å². The SMILES string of the molecule is CCCCOC(=O)[C@H]1CN(Cc2ccccc2)C[C@]1(Cc1ccc(OCCCC)cc1)C(=O)OCC. The van der Waals surface area contributed by atoms with Crippen molar-refractivity contribution in [1.29, 1.82) is 0 Å². The zero-order chi connectivity index (χ0) is 25.8. The summed E-state index contributed by atoms with van der Waals surface area (Å²) >= 11 is 0. The second kappa shape index (κ2) is 14.0. The Balaban J connectivity index is 1.88. The van der Waals surface area contributed by atoms with Crippen LogP contribution in [0.4, 0.5) is 0 Å². The van der Waals surface area contributed by atoms with Crippen molar-refractivity contribution >= 4 is 11.9 Å². The van der Waals surface area contributed by atoms with Crippen LogP contribution in [0.3, 0.4) is 0 Å². The van der Waals surface area contributed by atoms with Crippen LogP contribution in [0.1, 0.15) is 57.6 Å². The molecule has 6 nitrogen and oxygen atoms in total. The van der Waals surface area contributed by atoms with Gasteiger partial charge in [-0.25, -0.2) is 0 Å². The quantitative estimate of drug-likeness (QED) is 0.257. The molecular weight excluding hydrogens is 454 g/mol. The molecule has 0 N–H and O–H groups in total. The van der Waals surface area contributed by atoms with Crippen LogP contribution in [-0.4, -0.2) is 49.7 Å². The molecule has 0 saturated carbocycles. The molecule has 0 amide bonds. The van der Waals surface area contributed by atoms with Gasteiger partial charge in [-0.3, -0.25) is 14.5 Å². The van der Waals surface area contributed by atoms with Crippen molar-refractivity contribution in [3.63, 3.8) is 0 Å². The van der Waals surface area contributed by atoms with Gasteiger partial charge in [0.15, 0.2) is 0 Å². The summed E-state index contributed by atoms with van der Waals surface area (Å²) in [4.78, 5) is 29.1. The minimum Gasteiger partial charge on any atom is -0.494 e. The number of esters is 2. The Kier molecular flexibility index (Phi) is 10.8. The van der Waals surface area contributed by atoms with E-state index in [1.165, 1.54) is 0 Å². The molecule has 0 spiro atoms. The first-order chi connectivity index (χ1) is 17.5. The van der Waals surface area contributed by atoms with Crippen LogP contribution in [0, 0.1) is 11.3 Å². The van der Waals surface area contributed by atoms with Crippen LogP contribution < -0.4 is 4.74 Å². The predicted octanol–water partition coefficient (Wildman–Crippen LogP) is 5.43. The normalized spacial score (nSPS) is 19.7. The van der Waals surface area contributed by atoms with Crippen LogP contribution in [-0.2, 0) is 32.0 Å². The average molecular weight is 496 g/mol. The van der Waals surface area contributed by atoms with E-state index in [1.807, 2.05) is 42.5 Å². The fourth-order valence-corrected chi connectivity index (χ4v) is 4.82. The minimum atomic E-state index is -1.02. The van der Waals surface area contributed by atoms with Crippen LogP contribution in [0.25, 0.3) is 0 Å². The van der Waals surface area contributed by atoms with E-state index < -0.39 is 11.3 Å². The first-order valence-electron chi connectivity index (χ1n) is 13.3. The van der Waals surface area contributed by atoms with E-state index in [9.17, 15) is 9.59 Å². The van der Waals surface area contributed by atoms with Crippen molar-refractivity contribution in [1.82, 2.24) is 4.90 Å². The Morgan fingerprint density at radius 1 is 0.889 bits per heavy atom. The van der Waals surface area contributed by atoms with Gasteiger partial charge in [-0.15, -0.1) is 0 Å². The highest BCUT2D eigenvalue weighted by Crippen LogP contribution is 2.42. The van der Waals surface area contributed by atoms with Gasteiger partial charge in [0.25, 0.3) is 0 Å². The monoisotopic (exact) mass is 495 g/mol. The lowest BCUT2D eigenvalue weighted by Crippen LogP contribution is -2.46. The molecule has 1 aliphatic heterocycles. The number of likely N-dealkylation sites (tertiary alicyclic amines) is 1. The number of hydrogen-bond acceptors (Lipinski definition) is 6. The number of carbonyl (C=O) groups is 2. The molecule has 2 atom stereocenters. The summed E-state index contributed by atoms with van der Waals surface area (Å²) in [5, 5.41) is 0. The molecule has 0 bridgehead atoms. The summed E-state index contributed by atoms with van der Waals surface area (Å²) in [6.45, 7) is 8.86. The molecule has 1 saturated heterocycles. The fourth-order valence-electron chi connectivity index (χ4n) is 4.82. The lowest BCUT2D eigenvalue weighted by Gasteiger charge is -2.31. The summed E-state index contributed by atoms with van der Waals surface area (Å²) in [7, 11) is 0. The van der Waals surface area contributed by atoms with Gasteiger partial charge in [-0.2, -0.15) is 0 Å². The minimum absolute atomic E-state index is 0.265. The molecule has 6 heteroatoms. The van der Waals surface area contributed by atoms with Crippen LogP contribution >= 0.6 is 0 Å². The number of benzene rings is 2. The molecule has 2 aromatic carbocycles. The highest BCUT2D eigenvalue weighted by Gasteiger charge is 2.56. The maximum absolute atomic E-state index is 13.6. The summed E-state index contributed by atoms with van der Waals surface area (Å²) in [6.07, 6.45) is 4.23. The maximum atomic E-state index is 13.6. The van der Waals surface area contributed by atoms with Crippen molar-refractivity contribution in [2.45, 2.75) is 59.4 Å². The molecular formula is C30H41NO5. The molecule has 1 fully saturated rings. The Labute approximate surface area is 215 Å². The van der Waals surface area contributed by atoms with E-state index in [0.717, 1.165) is 42.6 Å². The second-order valence-corrected chi connectivity index (χ2v) is 9.63. The van der Waals surface area contributed by atoms with Gasteiger partial charge in [0.05, 0.1) is 31.2 Å². The smallest absolute Gasteiger partial charge is 0.314 e. The molecule has 3 rings (SSSR count). The number of hydrogen-bond donors (Lipinski definition) is 0. The zero-order valence-corrected chi connectivity index (χ0v) is 22.0. The van der Waals surface area contributed by atoms with E-state index in [0.29, 0.717) is 39.3 Å². The van der Waals surface area contributed by atoms with Gasteiger partial charge < -0.3 is 14.2 Å². The molecule has 0 unspecified atom stereocenters. The fraction of sp³-hybridized carbons (Fsp3) is 0.533. The number of unbranched alkanes of at least 4 members (excludes halogenated alkanes) is 2. The first-order valence-corrected chi connectivity index (χ1v) is 13.3. The standard InChI is InChI=1S/C30H41NO5/c1-4-7-18-35-26-16-14-24(15-17-26)20-30(29(33)34-6-3)23-31(21-25-12-10-9-11-13-25)22-27(30)28(32)36-19-8-5-2/h9-17,27H,4-8,18-23H2,1-3H3/t27-,30+/m1/s1. The van der Waals surface area contributed by atoms with Crippen molar-refractivity contribution in [3.8, 4) is 5.75 Å². The Morgan fingerprint density at radius 3 is 2.25 bits per heavy atom. The second-order valence-electron chi connectivity index (χ2n) is 9.63. The van der Waals surface area contributed by atoms with Crippen molar-refractivity contribution < 1.29 is 23.8 Å². The number of ether oxygens (including phenoxy) is 3. The topological polar surface area (TPSA) is 65.1 Å². The summed E-state index contributed by atoms with van der Waals surface area (Å²) < 4.78 is 17.1. The van der Waals surface area contributed by atoms with Crippen LogP contribution in [0.2, 0.25) is 0 Å². The summed E-state index contributed by atoms with van der Waals surface area (Å²) in [5.41, 5.74) is 1.10. The van der Waals surface area contributed by atoms with E-state index in [4.69, 9.17) is 14.2 Å². The van der Waals surface area contributed by atoms with Gasteiger partial charge >= 0.3 is 11.9 Å². The Morgan fingerprint density at radius 2 is 1.58 bits per heavy atom. The molecule has 1 heterocycles. The van der Waals surface area contributed by atoms with Gasteiger partial charge in [-0.05, 0) is 49.4 Å². The highest BCUT2D eigenvalue weighted by atomic mass is 16.5. The van der Waals surface area contributed by atoms with E-state index >= 15 is 0 Å². The zero-order valence-electron chi connectivity index (χ0n) is 22.0. The highest BCUT2D eigenvalue weighted by molar-refractivity contribution is 5.87. The third-order valence-corrected chi connectivity index (χ3v) is 6.78. The van der Waals surface area contributed by atoms with E-state index in [2.05, 4.69) is 30.9 Å². The van der Waals surface area contributed by atoms with Gasteiger partial charge in [0.1, 0.15) is 5.75 Å². The van der Waals surface area contributed by atoms with Crippen molar-refractivity contribution in [3.05, 3.63) is 65.7 Å². The Bertz CT molecular complexity index is 946. The van der Waals surface area contributed by atoms with Crippen LogP contribution in [0.15, 0.2) is 54.6 Å². The molecule has 0 aromatic heterocycles. The van der Waals surface area contributed by atoms with Gasteiger partial charge in [0, 0.05) is 19.6 Å². The van der Waals surface area contributed by atoms with Crippen molar-refractivity contribution in [2.24, 2.45) is 11.3 Å². The largest absolute Gasteiger partial charge is 0.494 e. The molecule has 1 aliphatic rings. The first kappa shape index (κ1) is 27.7. The molecule has 2 aromatic rings. The third kappa shape index (κ3) is 7.33. The molecule has 196 valence electrons. The summed E-state index contributed by atoms with van der Waals surface area (Å²) in [5.74, 6) is -0.435. The Hall–Kier alpha value is -2.86. The number of rotatable bonds is 14. The van der Waals surface area contributed by atoms with Gasteiger partial charge in [0.2, 0.25) is 0 Å². The summed E-state index contributed by atoms with van der Waals surface area (Å²) in [6, 6.07) is 18.0. The number of carbonyl (C=O) groups excluding carboxylic acids is 2. The third-order valence-electron chi connectivity index (χ3n) is 6.78. The average Bonchev–Trinajstić information content (AvgIpc) is 3.25. The molecule has 0 radical (unpaired) electrons. The predicted molar refractivity (Wildman–Crippen MR) is 141 cm³/mol. The number of nitrogens with zero attached hydrogens (tertiary/aromatic N) is 1. The van der Waals surface area contributed by atoms with E-state index in [-0.39, 0.29) is 18.5 Å². The lowest BCUT2D eigenvalue weighted by atomic mass is 9.73. The van der Waals surface area contributed by atoms with Gasteiger partial charge in [-0.1, -0.05) is 69.2 Å². The maximum Gasteiger partial charge on any atom is 0.314 e.